The predicted octanol–water partition coefficient (Wildman–Crippen LogP) is 2.03. The van der Waals surface area contributed by atoms with Crippen LogP contribution in [0.2, 0.25) is 0 Å². The van der Waals surface area contributed by atoms with E-state index < -0.39 is 43.2 Å². The standard InChI is InChI=1S/C16H21F4N5O3/c1-3-7(4-2)22-12-10-13(24-15(23-12)16(18,19)20)25(6-21-10)14-9(17)11(27)8(5-26)28-14/h6-9,11,14,26-27H,3-5H2,1-2H3,(H,22,23,24)/t8-,9?,11?,14-/m1/s1. The second kappa shape index (κ2) is 7.76. The molecule has 1 saturated heterocycles. The summed E-state index contributed by atoms with van der Waals surface area (Å²) in [5.41, 5.74) is -0.258. The first-order valence-electron chi connectivity index (χ1n) is 8.87. The molecule has 0 aromatic carbocycles. The fourth-order valence-electron chi connectivity index (χ4n) is 3.09. The van der Waals surface area contributed by atoms with E-state index in [4.69, 9.17) is 4.74 Å². The van der Waals surface area contributed by atoms with Crippen molar-refractivity contribution in [3.05, 3.63) is 12.2 Å². The van der Waals surface area contributed by atoms with Gasteiger partial charge in [-0.1, -0.05) is 13.8 Å². The molecule has 0 spiro atoms. The number of imidazole rings is 1. The Balaban J connectivity index is 2.11. The van der Waals surface area contributed by atoms with Gasteiger partial charge in [-0.05, 0) is 12.8 Å². The zero-order valence-electron chi connectivity index (χ0n) is 15.2. The summed E-state index contributed by atoms with van der Waals surface area (Å²) in [7, 11) is 0. The second-order valence-electron chi connectivity index (χ2n) is 6.56. The molecule has 8 nitrogen and oxygen atoms in total. The van der Waals surface area contributed by atoms with Crippen LogP contribution in [0.5, 0.6) is 0 Å². The zero-order valence-corrected chi connectivity index (χ0v) is 15.2. The fraction of sp³-hybridized carbons (Fsp3) is 0.688. The lowest BCUT2D eigenvalue weighted by Gasteiger charge is -2.18. The lowest BCUT2D eigenvalue weighted by atomic mass is 10.1. The Kier molecular flexibility index (Phi) is 5.73. The van der Waals surface area contributed by atoms with E-state index in [0.29, 0.717) is 12.8 Å². The van der Waals surface area contributed by atoms with Gasteiger partial charge in [-0.2, -0.15) is 13.2 Å². The molecular weight excluding hydrogens is 386 g/mol. The number of hydrogen-bond donors (Lipinski definition) is 3. The molecule has 2 unspecified atom stereocenters. The van der Waals surface area contributed by atoms with Gasteiger partial charge < -0.3 is 20.3 Å². The summed E-state index contributed by atoms with van der Waals surface area (Å²) in [5.74, 6) is -1.51. The monoisotopic (exact) mass is 407 g/mol. The third kappa shape index (κ3) is 3.63. The molecule has 1 fully saturated rings. The highest BCUT2D eigenvalue weighted by Gasteiger charge is 2.46. The quantitative estimate of drug-likeness (QED) is 0.630. The molecule has 28 heavy (non-hydrogen) atoms. The van der Waals surface area contributed by atoms with Crippen LogP contribution in [0.25, 0.3) is 11.2 Å². The minimum absolute atomic E-state index is 0.0256. The number of alkyl halides is 4. The van der Waals surface area contributed by atoms with E-state index >= 15 is 0 Å². The Morgan fingerprint density at radius 1 is 1.29 bits per heavy atom. The van der Waals surface area contributed by atoms with E-state index in [0.717, 1.165) is 10.9 Å². The van der Waals surface area contributed by atoms with Crippen LogP contribution in [0.4, 0.5) is 23.4 Å². The number of hydrogen-bond acceptors (Lipinski definition) is 7. The summed E-state index contributed by atoms with van der Waals surface area (Å²) in [5, 5.41) is 21.9. The number of fused-ring (bicyclic) bond motifs is 1. The Bertz CT molecular complexity index is 826. The summed E-state index contributed by atoms with van der Waals surface area (Å²) in [6, 6.07) is -0.137. The normalized spacial score (nSPS) is 25.8. The second-order valence-corrected chi connectivity index (χ2v) is 6.56. The van der Waals surface area contributed by atoms with Crippen molar-refractivity contribution >= 4 is 17.0 Å². The van der Waals surface area contributed by atoms with Crippen molar-refractivity contribution in [1.82, 2.24) is 19.5 Å². The van der Waals surface area contributed by atoms with Crippen LogP contribution >= 0.6 is 0 Å². The van der Waals surface area contributed by atoms with E-state index in [9.17, 15) is 27.8 Å². The molecule has 2 aromatic rings. The van der Waals surface area contributed by atoms with Gasteiger partial charge >= 0.3 is 6.18 Å². The number of halogens is 4. The lowest BCUT2D eigenvalue weighted by Crippen LogP contribution is -2.30. The van der Waals surface area contributed by atoms with Crippen LogP contribution < -0.4 is 5.32 Å². The predicted molar refractivity (Wildman–Crippen MR) is 90.2 cm³/mol. The van der Waals surface area contributed by atoms with Gasteiger partial charge in [0.15, 0.2) is 29.4 Å². The van der Waals surface area contributed by atoms with Gasteiger partial charge in [0.05, 0.1) is 12.9 Å². The highest BCUT2D eigenvalue weighted by Crippen LogP contribution is 2.36. The van der Waals surface area contributed by atoms with Crippen molar-refractivity contribution in [3.8, 4) is 0 Å². The maximum Gasteiger partial charge on any atom is 0.451 e. The highest BCUT2D eigenvalue weighted by atomic mass is 19.4. The van der Waals surface area contributed by atoms with Crippen LogP contribution in [-0.2, 0) is 10.9 Å². The molecular formula is C16H21F4N5O3. The third-order valence-electron chi connectivity index (χ3n) is 4.75. The molecule has 3 heterocycles. The first-order chi connectivity index (χ1) is 13.2. The topological polar surface area (TPSA) is 105 Å². The number of rotatable bonds is 6. The van der Waals surface area contributed by atoms with Crippen molar-refractivity contribution in [2.45, 2.75) is 63.5 Å². The van der Waals surface area contributed by atoms with Crippen LogP contribution in [-0.4, -0.2) is 60.8 Å². The van der Waals surface area contributed by atoms with Gasteiger partial charge in [0.25, 0.3) is 0 Å². The zero-order chi connectivity index (χ0) is 20.6. The van der Waals surface area contributed by atoms with Gasteiger partial charge in [0.1, 0.15) is 12.2 Å². The SMILES string of the molecule is CCC(CC)Nc1nc(C(F)(F)F)nc2c1ncn2[C@@H]1O[C@H](CO)C(O)C1F. The third-order valence-corrected chi connectivity index (χ3v) is 4.75. The fourth-order valence-corrected chi connectivity index (χ4v) is 3.09. The molecule has 2 aromatic heterocycles. The summed E-state index contributed by atoms with van der Waals surface area (Å²) in [6.45, 7) is 3.10. The molecule has 0 amide bonds. The van der Waals surface area contributed by atoms with E-state index in [-0.39, 0.29) is 23.0 Å². The van der Waals surface area contributed by atoms with E-state index in [2.05, 4.69) is 20.3 Å². The molecule has 0 bridgehead atoms. The molecule has 156 valence electrons. The molecule has 0 aliphatic carbocycles. The maximum atomic E-state index is 14.4. The summed E-state index contributed by atoms with van der Waals surface area (Å²) in [6.07, 6.45) is -8.74. The van der Waals surface area contributed by atoms with Crippen molar-refractivity contribution in [1.29, 1.82) is 0 Å². The Hall–Kier alpha value is -2.05. The summed E-state index contributed by atoms with van der Waals surface area (Å²) < 4.78 is 60.6. The molecule has 12 heteroatoms. The van der Waals surface area contributed by atoms with E-state index in [1.807, 2.05) is 13.8 Å². The van der Waals surface area contributed by atoms with Crippen LogP contribution in [0, 0.1) is 0 Å². The van der Waals surface area contributed by atoms with Crippen molar-refractivity contribution in [3.63, 3.8) is 0 Å². The average molecular weight is 407 g/mol. The number of nitrogens with one attached hydrogen (secondary N) is 1. The van der Waals surface area contributed by atoms with Gasteiger partial charge in [0.2, 0.25) is 5.82 Å². The van der Waals surface area contributed by atoms with Gasteiger partial charge in [-0.25, -0.2) is 19.3 Å². The molecule has 0 saturated carbocycles. The van der Waals surface area contributed by atoms with Crippen molar-refractivity contribution < 1.29 is 32.5 Å². The van der Waals surface area contributed by atoms with Crippen molar-refractivity contribution in [2.75, 3.05) is 11.9 Å². The molecule has 3 N–H and O–H groups in total. The van der Waals surface area contributed by atoms with Gasteiger partial charge in [0, 0.05) is 6.04 Å². The van der Waals surface area contributed by atoms with Crippen LogP contribution in [0.1, 0.15) is 38.7 Å². The first-order valence-corrected chi connectivity index (χ1v) is 8.87. The minimum atomic E-state index is -4.83. The van der Waals surface area contributed by atoms with Gasteiger partial charge in [-0.3, -0.25) is 4.57 Å². The van der Waals surface area contributed by atoms with E-state index in [1.165, 1.54) is 0 Å². The Morgan fingerprint density at radius 3 is 2.50 bits per heavy atom. The van der Waals surface area contributed by atoms with Gasteiger partial charge in [-0.15, -0.1) is 0 Å². The highest BCUT2D eigenvalue weighted by molar-refractivity contribution is 5.83. The van der Waals surface area contributed by atoms with Crippen LogP contribution in [0.15, 0.2) is 6.33 Å². The largest absolute Gasteiger partial charge is 0.451 e. The summed E-state index contributed by atoms with van der Waals surface area (Å²) in [4.78, 5) is 11.1. The van der Waals surface area contributed by atoms with Crippen molar-refractivity contribution in [2.24, 2.45) is 0 Å². The Morgan fingerprint density at radius 2 is 1.96 bits per heavy atom. The number of nitrogens with zero attached hydrogens (tertiary/aromatic N) is 4. The Labute approximate surface area is 157 Å². The van der Waals surface area contributed by atoms with E-state index in [1.54, 1.807) is 0 Å². The molecule has 0 radical (unpaired) electrons. The maximum absolute atomic E-state index is 14.4. The first kappa shape index (κ1) is 20.7. The average Bonchev–Trinajstić information content (AvgIpc) is 3.20. The molecule has 3 rings (SSSR count). The molecule has 1 aliphatic heterocycles. The summed E-state index contributed by atoms with van der Waals surface area (Å²) >= 11 is 0. The number of aliphatic hydroxyl groups excluding tert-OH is 2. The molecule has 4 atom stereocenters. The number of aromatic nitrogens is 4. The lowest BCUT2D eigenvalue weighted by molar-refractivity contribution is -0.144. The number of aliphatic hydroxyl groups is 2. The molecule has 1 aliphatic rings. The smallest absolute Gasteiger partial charge is 0.394 e. The number of anilines is 1. The minimum Gasteiger partial charge on any atom is -0.394 e. The number of ether oxygens (including phenoxy) is 1. The van der Waals surface area contributed by atoms with Crippen LogP contribution in [0.3, 0.4) is 0 Å².